The summed E-state index contributed by atoms with van der Waals surface area (Å²) in [6.07, 6.45) is 0. The largest absolute Gasteiger partial charge is 2.00 e. The average Bonchev–Trinajstić information content (AvgIpc) is 1.38. The summed E-state index contributed by atoms with van der Waals surface area (Å²) in [5, 5.41) is 0. The van der Waals surface area contributed by atoms with Gasteiger partial charge in [0.25, 0.3) is 0 Å². The molecule has 0 unspecified atom stereocenters. The third-order valence-corrected chi connectivity index (χ3v) is 0.142. The van der Waals surface area contributed by atoms with Gasteiger partial charge in [0.1, 0.15) is 0 Å². The van der Waals surface area contributed by atoms with Gasteiger partial charge < -0.3 is 5.73 Å². The third kappa shape index (κ3) is 8.82. The molecule has 0 fully saturated rings. The summed E-state index contributed by atoms with van der Waals surface area (Å²) in [4.78, 5) is 9.35. The van der Waals surface area contributed by atoms with Crippen molar-refractivity contribution in [1.29, 1.82) is 0 Å². The quantitative estimate of drug-likeness (QED) is 0.150. The molecule has 2 amide bonds. The zero-order valence-electron chi connectivity index (χ0n) is 3.27. The van der Waals surface area contributed by atoms with Gasteiger partial charge in [-0.15, -0.1) is 0 Å². The van der Waals surface area contributed by atoms with Crippen molar-refractivity contribution in [2.75, 3.05) is 0 Å². The van der Waals surface area contributed by atoms with Crippen LogP contribution in [0.15, 0.2) is 0 Å². The van der Waals surface area contributed by atoms with Crippen molar-refractivity contribution < 1.29 is 4.79 Å². The van der Waals surface area contributed by atoms with Gasteiger partial charge in [0.15, 0.2) is 0 Å². The molecule has 0 aromatic heterocycles. The number of nitrogens with one attached hydrogen (secondary N) is 1. The van der Waals surface area contributed by atoms with E-state index in [0.717, 1.165) is 0 Å². The Morgan fingerprint density at radius 2 is 1.83 bits per heavy atom. The monoisotopic (exact) mass is 115 g/mol. The summed E-state index contributed by atoms with van der Waals surface area (Å²) in [6.45, 7) is 0. The van der Waals surface area contributed by atoms with Crippen LogP contribution in [0.5, 0.6) is 0 Å². The van der Waals surface area contributed by atoms with Gasteiger partial charge in [-0.05, 0) is 0 Å². The van der Waals surface area contributed by atoms with Gasteiger partial charge in [-0.2, -0.15) is 0 Å². The van der Waals surface area contributed by atoms with E-state index in [2.05, 4.69) is 11.6 Å². The SMILES string of the molecule is NNC(N)=O.[Ca+2]. The molecule has 0 aromatic carbocycles. The zero-order valence-corrected chi connectivity index (χ0v) is 5.48. The van der Waals surface area contributed by atoms with Crippen LogP contribution in [0.2, 0.25) is 0 Å². The molecule has 30 valence electrons. The number of amides is 2. The van der Waals surface area contributed by atoms with Gasteiger partial charge >= 0.3 is 43.8 Å². The van der Waals surface area contributed by atoms with E-state index >= 15 is 0 Å². The molecular formula is CH5CaN3O+2. The van der Waals surface area contributed by atoms with Crippen LogP contribution in [0.1, 0.15) is 0 Å². The van der Waals surface area contributed by atoms with E-state index < -0.39 is 6.03 Å². The molecule has 4 nitrogen and oxygen atoms in total. The van der Waals surface area contributed by atoms with E-state index in [1.54, 1.807) is 5.43 Å². The van der Waals surface area contributed by atoms with Crippen molar-refractivity contribution in [2.45, 2.75) is 0 Å². The molecule has 5 N–H and O–H groups in total. The molecule has 0 bridgehead atoms. The molecule has 5 heteroatoms. The number of carbonyl (C=O) groups is 1. The van der Waals surface area contributed by atoms with E-state index in [4.69, 9.17) is 0 Å². The molecule has 0 aliphatic heterocycles. The summed E-state index contributed by atoms with van der Waals surface area (Å²) in [6, 6.07) is -0.718. The van der Waals surface area contributed by atoms with Crippen LogP contribution in [0, 0.1) is 0 Å². The summed E-state index contributed by atoms with van der Waals surface area (Å²) in [7, 11) is 0. The molecule has 0 aliphatic carbocycles. The number of hydrogen-bond donors (Lipinski definition) is 3. The predicted octanol–water partition coefficient (Wildman–Crippen LogP) is -1.85. The molecule has 0 saturated heterocycles. The molecule has 0 rings (SSSR count). The minimum atomic E-state index is -0.718. The normalized spacial score (nSPS) is 5.50. The number of hydrogen-bond acceptors (Lipinski definition) is 2. The Morgan fingerprint density at radius 1 is 1.67 bits per heavy atom. The second-order valence-corrected chi connectivity index (χ2v) is 0.509. The standard InChI is InChI=1S/CH5N3O.Ca/c2-1(5)4-3;/h3H2,(H3,2,4,5);/q;+2. The van der Waals surface area contributed by atoms with Gasteiger partial charge in [0.2, 0.25) is 0 Å². The number of rotatable bonds is 0. The first kappa shape index (κ1) is 9.70. The summed E-state index contributed by atoms with van der Waals surface area (Å²) >= 11 is 0. The van der Waals surface area contributed by atoms with E-state index in [-0.39, 0.29) is 37.7 Å². The Hall–Kier alpha value is 0.490. The summed E-state index contributed by atoms with van der Waals surface area (Å²) < 4.78 is 0. The summed E-state index contributed by atoms with van der Waals surface area (Å²) in [5.41, 5.74) is 6.08. The van der Waals surface area contributed by atoms with Crippen molar-refractivity contribution in [3.05, 3.63) is 0 Å². The molecule has 0 spiro atoms. The van der Waals surface area contributed by atoms with Crippen molar-refractivity contribution in [2.24, 2.45) is 11.6 Å². The van der Waals surface area contributed by atoms with E-state index in [9.17, 15) is 4.79 Å². The molecule has 6 heavy (non-hydrogen) atoms. The van der Waals surface area contributed by atoms with Crippen molar-refractivity contribution in [3.63, 3.8) is 0 Å². The fourth-order valence-electron chi connectivity index (χ4n) is 0. The number of primary amides is 1. The third-order valence-electron chi connectivity index (χ3n) is 0.142. The summed E-state index contributed by atoms with van der Waals surface area (Å²) in [5.74, 6) is 4.45. The minimum absolute atomic E-state index is 0. The van der Waals surface area contributed by atoms with Crippen molar-refractivity contribution >= 4 is 43.8 Å². The van der Waals surface area contributed by atoms with Gasteiger partial charge in [-0.1, -0.05) is 0 Å². The molecule has 0 radical (unpaired) electrons. The Morgan fingerprint density at radius 3 is 1.83 bits per heavy atom. The maximum atomic E-state index is 9.35. The Balaban J connectivity index is 0. The Kier molecular flexibility index (Phi) is 8.88. The molecule has 0 atom stereocenters. The topological polar surface area (TPSA) is 81.1 Å². The second kappa shape index (κ2) is 5.49. The van der Waals surface area contributed by atoms with E-state index in [0.29, 0.717) is 0 Å². The number of carbonyl (C=O) groups excluding carboxylic acids is 1. The van der Waals surface area contributed by atoms with Crippen LogP contribution in [0.25, 0.3) is 0 Å². The van der Waals surface area contributed by atoms with Crippen LogP contribution in [0.4, 0.5) is 4.79 Å². The zero-order chi connectivity index (χ0) is 4.28. The fraction of sp³-hybridized carbons (Fsp3) is 0. The first-order valence-electron chi connectivity index (χ1n) is 1.03. The Bertz CT molecular complexity index is 46.1. The van der Waals surface area contributed by atoms with Gasteiger partial charge in [0.05, 0.1) is 0 Å². The van der Waals surface area contributed by atoms with Gasteiger partial charge in [0, 0.05) is 0 Å². The first-order valence-corrected chi connectivity index (χ1v) is 1.03. The molecular weight excluding hydrogens is 110 g/mol. The maximum Gasteiger partial charge on any atom is 2.00 e. The molecule has 0 aliphatic rings. The average molecular weight is 115 g/mol. The van der Waals surface area contributed by atoms with Gasteiger partial charge in [-0.25, -0.2) is 10.6 Å². The molecule has 0 saturated carbocycles. The maximum absolute atomic E-state index is 9.35. The van der Waals surface area contributed by atoms with Crippen LogP contribution in [-0.2, 0) is 0 Å². The van der Waals surface area contributed by atoms with E-state index in [1.165, 1.54) is 0 Å². The van der Waals surface area contributed by atoms with Crippen LogP contribution in [-0.4, -0.2) is 43.8 Å². The number of nitrogens with two attached hydrogens (primary N) is 2. The van der Waals surface area contributed by atoms with Crippen LogP contribution in [0.3, 0.4) is 0 Å². The first-order chi connectivity index (χ1) is 2.27. The Labute approximate surface area is 65.2 Å². The van der Waals surface area contributed by atoms with Crippen molar-refractivity contribution in [1.82, 2.24) is 5.43 Å². The number of hydrazine groups is 1. The molecule has 0 aromatic rings. The van der Waals surface area contributed by atoms with Crippen molar-refractivity contribution in [3.8, 4) is 0 Å². The molecule has 0 heterocycles. The second-order valence-electron chi connectivity index (χ2n) is 0.509. The smallest absolute Gasteiger partial charge is 0.351 e. The van der Waals surface area contributed by atoms with Crippen LogP contribution >= 0.6 is 0 Å². The van der Waals surface area contributed by atoms with Crippen LogP contribution < -0.4 is 17.0 Å². The van der Waals surface area contributed by atoms with E-state index in [1.807, 2.05) is 0 Å². The predicted molar refractivity (Wildman–Crippen MR) is 22.7 cm³/mol. The number of urea groups is 1. The minimum Gasteiger partial charge on any atom is -0.351 e. The van der Waals surface area contributed by atoms with Gasteiger partial charge in [-0.3, -0.25) is 5.43 Å². The fourth-order valence-corrected chi connectivity index (χ4v) is 0.